The van der Waals surface area contributed by atoms with Crippen molar-refractivity contribution in [1.82, 2.24) is 0 Å². The lowest BCUT2D eigenvalue weighted by molar-refractivity contribution is -0.384. The maximum absolute atomic E-state index is 10.6. The van der Waals surface area contributed by atoms with Crippen LogP contribution < -0.4 is 4.90 Å². The smallest absolute Gasteiger partial charge is 0.269 e. The largest absolute Gasteiger partial charge is 0.383 e. The van der Waals surface area contributed by atoms with Gasteiger partial charge in [-0.1, -0.05) is 0 Å². The van der Waals surface area contributed by atoms with Crippen LogP contribution in [0.4, 0.5) is 11.4 Å². The van der Waals surface area contributed by atoms with E-state index in [1.807, 2.05) is 4.90 Å². The van der Waals surface area contributed by atoms with Gasteiger partial charge >= 0.3 is 0 Å². The predicted octanol–water partition coefficient (Wildman–Crippen LogP) is 1.96. The van der Waals surface area contributed by atoms with Gasteiger partial charge in [0.15, 0.2) is 0 Å². The molecule has 0 spiro atoms. The lowest BCUT2D eigenvalue weighted by atomic mass is 10.2. The zero-order chi connectivity index (χ0) is 13.4. The van der Waals surface area contributed by atoms with E-state index < -0.39 is 4.92 Å². The zero-order valence-corrected chi connectivity index (χ0v) is 10.2. The van der Waals surface area contributed by atoms with E-state index >= 15 is 0 Å². The average molecular weight is 249 g/mol. The van der Waals surface area contributed by atoms with Crippen LogP contribution in [-0.4, -0.2) is 31.7 Å². The first kappa shape index (κ1) is 13.9. The van der Waals surface area contributed by atoms with E-state index in [0.29, 0.717) is 26.1 Å². The Labute approximate surface area is 106 Å². The number of nitro groups is 1. The summed E-state index contributed by atoms with van der Waals surface area (Å²) in [5, 5.41) is 19.2. The molecule has 0 aromatic heterocycles. The molecule has 0 amide bonds. The highest BCUT2D eigenvalue weighted by molar-refractivity contribution is 5.50. The van der Waals surface area contributed by atoms with Gasteiger partial charge in [-0.15, -0.1) is 0 Å². The molecule has 1 rings (SSSR count). The molecule has 0 aliphatic carbocycles. The van der Waals surface area contributed by atoms with E-state index in [2.05, 4.69) is 6.07 Å². The van der Waals surface area contributed by atoms with Crippen molar-refractivity contribution in [2.24, 2.45) is 0 Å². The van der Waals surface area contributed by atoms with E-state index in [0.717, 1.165) is 5.69 Å². The second-order valence-corrected chi connectivity index (χ2v) is 3.66. The number of nitro benzene ring substituents is 1. The Kier molecular flexibility index (Phi) is 5.61. The molecule has 6 nitrogen and oxygen atoms in total. The number of methoxy groups -OCH3 is 1. The van der Waals surface area contributed by atoms with Gasteiger partial charge in [0.25, 0.3) is 5.69 Å². The van der Waals surface area contributed by atoms with Gasteiger partial charge in [0, 0.05) is 38.0 Å². The summed E-state index contributed by atoms with van der Waals surface area (Å²) in [6.45, 7) is 1.77. The molecular formula is C12H15N3O3. The Balaban J connectivity index is 2.77. The van der Waals surface area contributed by atoms with Crippen molar-refractivity contribution in [3.05, 3.63) is 34.4 Å². The third kappa shape index (κ3) is 4.03. The van der Waals surface area contributed by atoms with Crippen molar-refractivity contribution in [3.8, 4) is 6.07 Å². The Morgan fingerprint density at radius 3 is 2.56 bits per heavy atom. The lowest BCUT2D eigenvalue weighted by Crippen LogP contribution is -2.28. The molecule has 0 saturated carbocycles. The van der Waals surface area contributed by atoms with E-state index in [-0.39, 0.29) is 5.69 Å². The molecule has 0 atom stereocenters. The van der Waals surface area contributed by atoms with Crippen LogP contribution >= 0.6 is 0 Å². The maximum atomic E-state index is 10.6. The fourth-order valence-corrected chi connectivity index (χ4v) is 1.54. The van der Waals surface area contributed by atoms with Crippen molar-refractivity contribution in [1.29, 1.82) is 5.26 Å². The monoisotopic (exact) mass is 249 g/mol. The molecule has 0 fully saturated rings. The summed E-state index contributed by atoms with van der Waals surface area (Å²) < 4.78 is 5.00. The summed E-state index contributed by atoms with van der Waals surface area (Å²) in [7, 11) is 1.61. The molecule has 0 radical (unpaired) electrons. The number of nitriles is 1. The maximum Gasteiger partial charge on any atom is 0.269 e. The van der Waals surface area contributed by atoms with E-state index in [4.69, 9.17) is 10.00 Å². The van der Waals surface area contributed by atoms with Gasteiger partial charge in [0.2, 0.25) is 0 Å². The second-order valence-electron chi connectivity index (χ2n) is 3.66. The molecule has 0 saturated heterocycles. The summed E-state index contributed by atoms with van der Waals surface area (Å²) >= 11 is 0. The summed E-state index contributed by atoms with van der Waals surface area (Å²) in [5.41, 5.74) is 0.915. The Morgan fingerprint density at radius 2 is 2.06 bits per heavy atom. The summed E-state index contributed by atoms with van der Waals surface area (Å²) in [6, 6.07) is 8.37. The molecule has 0 aliphatic heterocycles. The van der Waals surface area contributed by atoms with E-state index in [1.165, 1.54) is 12.1 Å². The number of anilines is 1. The molecule has 1 aromatic carbocycles. The van der Waals surface area contributed by atoms with Crippen LogP contribution in [0.3, 0.4) is 0 Å². The van der Waals surface area contributed by atoms with Crippen molar-refractivity contribution in [2.45, 2.75) is 6.42 Å². The minimum absolute atomic E-state index is 0.0609. The van der Waals surface area contributed by atoms with Crippen LogP contribution in [0.1, 0.15) is 6.42 Å². The summed E-state index contributed by atoms with van der Waals surface area (Å²) in [4.78, 5) is 12.1. The Hall–Kier alpha value is -2.13. The first-order valence-corrected chi connectivity index (χ1v) is 5.54. The summed E-state index contributed by atoms with van der Waals surface area (Å²) in [5.74, 6) is 0. The summed E-state index contributed by atoms with van der Waals surface area (Å²) in [6.07, 6.45) is 0.403. The van der Waals surface area contributed by atoms with Gasteiger partial charge in [0.1, 0.15) is 0 Å². The molecule has 0 heterocycles. The molecular weight excluding hydrogens is 234 g/mol. The number of hydrogen-bond acceptors (Lipinski definition) is 5. The number of nitrogens with zero attached hydrogens (tertiary/aromatic N) is 3. The molecule has 6 heteroatoms. The fourth-order valence-electron chi connectivity index (χ4n) is 1.54. The molecule has 0 unspecified atom stereocenters. The highest BCUT2D eigenvalue weighted by atomic mass is 16.6. The first-order valence-electron chi connectivity index (χ1n) is 5.54. The minimum atomic E-state index is -0.432. The van der Waals surface area contributed by atoms with E-state index in [9.17, 15) is 10.1 Å². The molecule has 1 aromatic rings. The van der Waals surface area contributed by atoms with Gasteiger partial charge in [-0.25, -0.2) is 0 Å². The molecule has 96 valence electrons. The van der Waals surface area contributed by atoms with Crippen LogP contribution in [0.15, 0.2) is 24.3 Å². The van der Waals surface area contributed by atoms with Crippen LogP contribution in [0, 0.1) is 21.4 Å². The van der Waals surface area contributed by atoms with Gasteiger partial charge in [0.05, 0.1) is 24.0 Å². The third-order valence-electron chi connectivity index (χ3n) is 2.48. The van der Waals surface area contributed by atoms with Crippen LogP contribution in [-0.2, 0) is 4.74 Å². The molecule has 0 N–H and O–H groups in total. The first-order chi connectivity index (χ1) is 8.69. The average Bonchev–Trinajstić information content (AvgIpc) is 2.39. The second kappa shape index (κ2) is 7.25. The standard InChI is InChI=1S/C12H15N3O3/c1-18-10-9-14(8-2-7-13)11-3-5-12(6-4-11)15(16)17/h3-6H,2,8-10H2,1H3. The topological polar surface area (TPSA) is 79.4 Å². The van der Waals surface area contributed by atoms with Gasteiger partial charge in [-0.2, -0.15) is 5.26 Å². The van der Waals surface area contributed by atoms with Crippen molar-refractivity contribution in [3.63, 3.8) is 0 Å². The number of ether oxygens (including phenoxy) is 1. The highest BCUT2D eigenvalue weighted by Crippen LogP contribution is 2.19. The van der Waals surface area contributed by atoms with Gasteiger partial charge < -0.3 is 9.64 Å². The van der Waals surface area contributed by atoms with E-state index in [1.54, 1.807) is 19.2 Å². The number of benzene rings is 1. The number of rotatable bonds is 7. The minimum Gasteiger partial charge on any atom is -0.383 e. The normalized spacial score (nSPS) is 9.78. The van der Waals surface area contributed by atoms with Gasteiger partial charge in [-0.3, -0.25) is 10.1 Å². The molecule has 0 bridgehead atoms. The van der Waals surface area contributed by atoms with Crippen LogP contribution in [0.2, 0.25) is 0 Å². The van der Waals surface area contributed by atoms with Crippen molar-refractivity contribution >= 4 is 11.4 Å². The van der Waals surface area contributed by atoms with Crippen molar-refractivity contribution < 1.29 is 9.66 Å². The quantitative estimate of drug-likeness (QED) is 0.545. The lowest BCUT2D eigenvalue weighted by Gasteiger charge is -2.23. The Morgan fingerprint density at radius 1 is 1.39 bits per heavy atom. The van der Waals surface area contributed by atoms with Crippen LogP contribution in [0.5, 0.6) is 0 Å². The SMILES string of the molecule is COCCN(CCC#N)c1ccc([N+](=O)[O-])cc1. The third-order valence-corrected chi connectivity index (χ3v) is 2.48. The van der Waals surface area contributed by atoms with Crippen LogP contribution in [0.25, 0.3) is 0 Å². The number of non-ortho nitro benzene ring substituents is 1. The van der Waals surface area contributed by atoms with Crippen molar-refractivity contribution in [2.75, 3.05) is 31.7 Å². The molecule has 0 aliphatic rings. The highest BCUT2D eigenvalue weighted by Gasteiger charge is 2.09. The number of hydrogen-bond donors (Lipinski definition) is 0. The fraction of sp³-hybridized carbons (Fsp3) is 0.417. The Bertz CT molecular complexity index is 425. The molecule has 18 heavy (non-hydrogen) atoms. The zero-order valence-electron chi connectivity index (χ0n) is 10.2. The predicted molar refractivity (Wildman–Crippen MR) is 67.4 cm³/mol. The van der Waals surface area contributed by atoms with Gasteiger partial charge in [-0.05, 0) is 12.1 Å².